The summed E-state index contributed by atoms with van der Waals surface area (Å²) in [6.07, 6.45) is -4.14. The molecule has 0 aromatic carbocycles. The zero-order valence-corrected chi connectivity index (χ0v) is 12.9. The van der Waals surface area contributed by atoms with Gasteiger partial charge in [0.25, 0.3) is 0 Å². The van der Waals surface area contributed by atoms with Crippen molar-refractivity contribution in [2.75, 3.05) is 18.0 Å². The Labute approximate surface area is 126 Å². The minimum Gasteiger partial charge on any atom is -0.354 e. The van der Waals surface area contributed by atoms with E-state index in [1.165, 1.54) is 6.07 Å². The molecule has 1 saturated heterocycles. The van der Waals surface area contributed by atoms with E-state index in [9.17, 15) is 21.6 Å². The van der Waals surface area contributed by atoms with Gasteiger partial charge < -0.3 is 4.90 Å². The number of alkyl halides is 3. The molecule has 10 heteroatoms. The topological polar surface area (TPSA) is 75.2 Å². The van der Waals surface area contributed by atoms with E-state index in [1.807, 2.05) is 0 Å². The lowest BCUT2D eigenvalue weighted by Gasteiger charge is -2.18. The van der Waals surface area contributed by atoms with Gasteiger partial charge in [-0.15, -0.1) is 10.2 Å². The zero-order valence-electron chi connectivity index (χ0n) is 12.1. The van der Waals surface area contributed by atoms with Gasteiger partial charge in [0, 0.05) is 19.1 Å². The van der Waals surface area contributed by atoms with Crippen LogP contribution >= 0.6 is 0 Å². The molecule has 0 bridgehead atoms. The molecule has 2 rings (SSSR count). The molecule has 22 heavy (non-hydrogen) atoms. The number of halogens is 3. The molecule has 1 fully saturated rings. The largest absolute Gasteiger partial charge is 0.435 e. The normalized spacial score (nSPS) is 19.9. The van der Waals surface area contributed by atoms with Crippen LogP contribution in [0, 0.1) is 0 Å². The molecule has 124 valence electrons. The van der Waals surface area contributed by atoms with Crippen LogP contribution in [0.1, 0.15) is 26.0 Å². The Morgan fingerprint density at radius 1 is 1.32 bits per heavy atom. The van der Waals surface area contributed by atoms with Gasteiger partial charge >= 0.3 is 6.18 Å². The number of sulfonamides is 1. The highest BCUT2D eigenvalue weighted by Gasteiger charge is 2.36. The van der Waals surface area contributed by atoms with Crippen LogP contribution in [-0.2, 0) is 16.2 Å². The second-order valence-electron chi connectivity index (χ2n) is 5.45. The Morgan fingerprint density at radius 3 is 2.50 bits per heavy atom. The average molecular weight is 338 g/mol. The van der Waals surface area contributed by atoms with Crippen LogP contribution in [0.5, 0.6) is 0 Å². The molecule has 1 aromatic heterocycles. The van der Waals surface area contributed by atoms with E-state index in [4.69, 9.17) is 0 Å². The smallest absolute Gasteiger partial charge is 0.354 e. The third kappa shape index (κ3) is 3.86. The van der Waals surface area contributed by atoms with Crippen molar-refractivity contribution in [1.29, 1.82) is 0 Å². The summed E-state index contributed by atoms with van der Waals surface area (Å²) in [5, 5.41) is 6.08. The first-order valence-electron chi connectivity index (χ1n) is 6.76. The minimum absolute atomic E-state index is 0.183. The lowest BCUT2D eigenvalue weighted by molar-refractivity contribution is -0.141. The fourth-order valence-electron chi connectivity index (χ4n) is 2.26. The molecule has 1 atom stereocenters. The highest BCUT2D eigenvalue weighted by Crippen LogP contribution is 2.28. The summed E-state index contributed by atoms with van der Waals surface area (Å²) in [5.74, 6) is 0.246. The predicted octanol–water partition coefficient (Wildman–Crippen LogP) is 1.40. The van der Waals surface area contributed by atoms with Crippen LogP contribution in [0.4, 0.5) is 19.0 Å². The van der Waals surface area contributed by atoms with Crippen molar-refractivity contribution >= 4 is 15.8 Å². The monoisotopic (exact) mass is 338 g/mol. The molecule has 1 aromatic rings. The maximum absolute atomic E-state index is 12.4. The van der Waals surface area contributed by atoms with Gasteiger partial charge in [0.15, 0.2) is 11.5 Å². The molecule has 1 aliphatic heterocycles. The summed E-state index contributed by atoms with van der Waals surface area (Å²) in [6, 6.07) is 1.85. The van der Waals surface area contributed by atoms with Gasteiger partial charge in [-0.2, -0.15) is 13.2 Å². The first-order valence-corrected chi connectivity index (χ1v) is 8.31. The first-order chi connectivity index (χ1) is 10.1. The standard InChI is InChI=1S/C12H17F3N4O2S/c1-8(2)18-22(20,21)9-5-6-19(7-9)11-4-3-10(16-17-11)12(13,14)15/h3-4,8-9,18H,5-7H2,1-2H3. The lowest BCUT2D eigenvalue weighted by atomic mass is 10.3. The van der Waals surface area contributed by atoms with E-state index in [0.717, 1.165) is 6.07 Å². The second-order valence-corrected chi connectivity index (χ2v) is 7.44. The lowest BCUT2D eigenvalue weighted by Crippen LogP contribution is -2.39. The van der Waals surface area contributed by atoms with E-state index >= 15 is 0 Å². The number of nitrogens with zero attached hydrogens (tertiary/aromatic N) is 3. The molecule has 1 N–H and O–H groups in total. The zero-order chi connectivity index (χ0) is 16.5. The number of hydrogen-bond donors (Lipinski definition) is 1. The third-order valence-corrected chi connectivity index (χ3v) is 5.31. The number of nitrogens with one attached hydrogen (secondary N) is 1. The van der Waals surface area contributed by atoms with Crippen LogP contribution in [-0.4, -0.2) is 43.0 Å². The van der Waals surface area contributed by atoms with E-state index in [-0.39, 0.29) is 18.4 Å². The van der Waals surface area contributed by atoms with Crippen molar-refractivity contribution in [3.05, 3.63) is 17.8 Å². The van der Waals surface area contributed by atoms with Crippen LogP contribution in [0.15, 0.2) is 12.1 Å². The fraction of sp³-hybridized carbons (Fsp3) is 0.667. The van der Waals surface area contributed by atoms with Crippen LogP contribution in [0.2, 0.25) is 0 Å². The highest BCUT2D eigenvalue weighted by molar-refractivity contribution is 7.90. The van der Waals surface area contributed by atoms with Crippen molar-refractivity contribution < 1.29 is 21.6 Å². The van der Waals surface area contributed by atoms with Gasteiger partial charge in [0.1, 0.15) is 0 Å². The molecule has 1 aliphatic rings. The maximum atomic E-state index is 12.4. The van der Waals surface area contributed by atoms with Crippen molar-refractivity contribution in [3.8, 4) is 0 Å². The molecule has 0 radical (unpaired) electrons. The highest BCUT2D eigenvalue weighted by atomic mass is 32.2. The van der Waals surface area contributed by atoms with Crippen molar-refractivity contribution in [2.24, 2.45) is 0 Å². The Bertz CT molecular complexity index is 616. The van der Waals surface area contributed by atoms with E-state index < -0.39 is 27.1 Å². The van der Waals surface area contributed by atoms with Crippen LogP contribution in [0.25, 0.3) is 0 Å². The van der Waals surface area contributed by atoms with E-state index in [1.54, 1.807) is 18.7 Å². The fourth-order valence-corrected chi connectivity index (χ4v) is 3.90. The summed E-state index contributed by atoms with van der Waals surface area (Å²) < 4.78 is 64.0. The Kier molecular flexibility index (Phi) is 4.62. The van der Waals surface area contributed by atoms with Gasteiger partial charge in [-0.25, -0.2) is 13.1 Å². The molecule has 0 aliphatic carbocycles. The minimum atomic E-state index is -4.54. The maximum Gasteiger partial charge on any atom is 0.435 e. The molecule has 0 amide bonds. The quantitative estimate of drug-likeness (QED) is 0.898. The van der Waals surface area contributed by atoms with Gasteiger partial charge in [-0.1, -0.05) is 0 Å². The summed E-state index contributed by atoms with van der Waals surface area (Å²) in [6.45, 7) is 4.04. The predicted molar refractivity (Wildman–Crippen MR) is 74.8 cm³/mol. The summed E-state index contributed by atoms with van der Waals surface area (Å²) >= 11 is 0. The van der Waals surface area contributed by atoms with Crippen LogP contribution < -0.4 is 9.62 Å². The average Bonchev–Trinajstić information content (AvgIpc) is 2.86. The number of anilines is 1. The van der Waals surface area contributed by atoms with E-state index in [2.05, 4.69) is 14.9 Å². The Balaban J connectivity index is 2.07. The summed E-state index contributed by atoms with van der Waals surface area (Å²) in [7, 11) is -3.45. The Hall–Kier alpha value is -1.42. The first kappa shape index (κ1) is 16.9. The van der Waals surface area contributed by atoms with Gasteiger partial charge in [0.05, 0.1) is 5.25 Å². The molecule has 6 nitrogen and oxygen atoms in total. The Morgan fingerprint density at radius 2 is 2.00 bits per heavy atom. The van der Waals surface area contributed by atoms with Crippen molar-refractivity contribution in [1.82, 2.24) is 14.9 Å². The number of hydrogen-bond acceptors (Lipinski definition) is 5. The van der Waals surface area contributed by atoms with Gasteiger partial charge in [-0.05, 0) is 32.4 Å². The van der Waals surface area contributed by atoms with Crippen molar-refractivity contribution in [3.63, 3.8) is 0 Å². The van der Waals surface area contributed by atoms with Crippen LogP contribution in [0.3, 0.4) is 0 Å². The molecule has 0 saturated carbocycles. The third-order valence-electron chi connectivity index (χ3n) is 3.25. The molecule has 2 heterocycles. The second kappa shape index (κ2) is 5.99. The van der Waals surface area contributed by atoms with Crippen molar-refractivity contribution in [2.45, 2.75) is 37.7 Å². The SMILES string of the molecule is CC(C)NS(=O)(=O)C1CCN(c2ccc(C(F)(F)F)nn2)C1. The molecular weight excluding hydrogens is 321 g/mol. The molecular formula is C12H17F3N4O2S. The number of rotatable bonds is 4. The van der Waals surface area contributed by atoms with Gasteiger partial charge in [0.2, 0.25) is 10.0 Å². The summed E-state index contributed by atoms with van der Waals surface area (Å²) in [4.78, 5) is 1.62. The number of aromatic nitrogens is 2. The van der Waals surface area contributed by atoms with E-state index in [0.29, 0.717) is 13.0 Å². The van der Waals surface area contributed by atoms with Gasteiger partial charge in [-0.3, -0.25) is 0 Å². The molecule has 1 unspecified atom stereocenters. The molecule has 0 spiro atoms. The summed E-state index contributed by atoms with van der Waals surface area (Å²) in [5.41, 5.74) is -1.07.